The maximum atomic E-state index is 13.7. The van der Waals surface area contributed by atoms with Gasteiger partial charge in [-0.15, -0.1) is 11.3 Å². The zero-order valence-electron chi connectivity index (χ0n) is 26.1. The number of rotatable bonds is 8. The quantitative estimate of drug-likeness (QED) is 0.257. The molecule has 0 amide bonds. The number of thiophene rings is 1. The van der Waals surface area contributed by atoms with Gasteiger partial charge in [-0.05, 0) is 67.7 Å². The van der Waals surface area contributed by atoms with Crippen molar-refractivity contribution in [1.82, 2.24) is 4.90 Å². The third-order valence-electron chi connectivity index (χ3n) is 9.57. The predicted molar refractivity (Wildman–Crippen MR) is 177 cm³/mol. The summed E-state index contributed by atoms with van der Waals surface area (Å²) < 4.78 is 76.6. The number of nitrogens with one attached hydrogen (secondary N) is 2. The number of alkyl halides is 3. The molecule has 248 valence electrons. The van der Waals surface area contributed by atoms with Gasteiger partial charge < -0.3 is 20.1 Å². The van der Waals surface area contributed by atoms with Crippen LogP contribution in [0.15, 0.2) is 41.3 Å². The van der Waals surface area contributed by atoms with E-state index in [1.165, 1.54) is 56.5 Å². The normalized spacial score (nSPS) is 21.8. The lowest BCUT2D eigenvalue weighted by Gasteiger charge is -2.56. The van der Waals surface area contributed by atoms with E-state index in [1.807, 2.05) is 12.1 Å². The molecule has 1 aliphatic carbocycles. The van der Waals surface area contributed by atoms with Gasteiger partial charge in [-0.2, -0.15) is 13.2 Å². The molecule has 0 unspecified atom stereocenters. The van der Waals surface area contributed by atoms with Crippen LogP contribution in [0.2, 0.25) is 0 Å². The van der Waals surface area contributed by atoms with E-state index in [2.05, 4.69) is 27.4 Å². The SMILES string of the molecule is COc1cc(S(C)(=O)=O)ccc1NCC#Cc1sc2c(N[C@H]3CC[C@@H](N4CC5(CCOCC5)C4)CC3)cccc2c1CC(F)(F)F. The van der Waals surface area contributed by atoms with Crippen molar-refractivity contribution < 1.29 is 31.1 Å². The van der Waals surface area contributed by atoms with Crippen LogP contribution >= 0.6 is 11.3 Å². The molecule has 3 fully saturated rings. The van der Waals surface area contributed by atoms with Crippen molar-refractivity contribution >= 4 is 42.6 Å². The van der Waals surface area contributed by atoms with Gasteiger partial charge in [-0.25, -0.2) is 8.42 Å². The molecule has 2 aromatic carbocycles. The summed E-state index contributed by atoms with van der Waals surface area (Å²) in [6.07, 6.45) is 2.32. The van der Waals surface area contributed by atoms with Gasteiger partial charge in [0.1, 0.15) is 5.75 Å². The highest BCUT2D eigenvalue weighted by Gasteiger charge is 2.46. The third-order valence-corrected chi connectivity index (χ3v) is 11.9. The second kappa shape index (κ2) is 13.3. The number of likely N-dealkylation sites (tertiary alicyclic amines) is 1. The van der Waals surface area contributed by atoms with E-state index < -0.39 is 22.4 Å². The molecule has 6 rings (SSSR count). The molecule has 2 N–H and O–H groups in total. The first-order valence-corrected chi connectivity index (χ1v) is 18.4. The minimum atomic E-state index is -4.38. The van der Waals surface area contributed by atoms with Gasteiger partial charge >= 0.3 is 6.18 Å². The Kier molecular flexibility index (Phi) is 9.50. The molecule has 3 heterocycles. The van der Waals surface area contributed by atoms with Crippen molar-refractivity contribution in [3.63, 3.8) is 0 Å². The van der Waals surface area contributed by atoms with E-state index in [0.717, 1.165) is 55.5 Å². The van der Waals surface area contributed by atoms with E-state index in [9.17, 15) is 21.6 Å². The topological polar surface area (TPSA) is 79.9 Å². The Morgan fingerprint density at radius 1 is 1.09 bits per heavy atom. The van der Waals surface area contributed by atoms with Gasteiger partial charge in [-0.3, -0.25) is 4.90 Å². The maximum Gasteiger partial charge on any atom is 0.393 e. The minimum Gasteiger partial charge on any atom is -0.495 e. The lowest BCUT2D eigenvalue weighted by molar-refractivity contribution is -0.126. The number of halogens is 3. The van der Waals surface area contributed by atoms with Crippen LogP contribution in [0.4, 0.5) is 24.5 Å². The Labute approximate surface area is 272 Å². The number of benzene rings is 2. The molecular formula is C34H40F3N3O4S2. The molecule has 12 heteroatoms. The van der Waals surface area contributed by atoms with Gasteiger partial charge in [0.15, 0.2) is 9.84 Å². The molecule has 0 atom stereocenters. The van der Waals surface area contributed by atoms with Crippen LogP contribution in [0.3, 0.4) is 0 Å². The zero-order valence-corrected chi connectivity index (χ0v) is 27.8. The number of sulfone groups is 1. The molecule has 1 spiro atoms. The van der Waals surface area contributed by atoms with E-state index >= 15 is 0 Å². The summed E-state index contributed by atoms with van der Waals surface area (Å²) in [7, 11) is -1.97. The second-order valence-corrected chi connectivity index (χ2v) is 15.9. The van der Waals surface area contributed by atoms with Crippen molar-refractivity contribution in [3.05, 3.63) is 46.8 Å². The van der Waals surface area contributed by atoms with Crippen LogP contribution in [0, 0.1) is 17.3 Å². The molecule has 1 saturated carbocycles. The number of nitrogens with zero attached hydrogens (tertiary/aromatic N) is 1. The average molecular weight is 676 g/mol. The molecule has 7 nitrogen and oxygen atoms in total. The predicted octanol–water partition coefficient (Wildman–Crippen LogP) is 6.72. The molecule has 46 heavy (non-hydrogen) atoms. The smallest absolute Gasteiger partial charge is 0.393 e. The summed E-state index contributed by atoms with van der Waals surface area (Å²) in [6, 6.07) is 10.9. The standard InChI is InChI=1S/C34H40F3N3O4S2/c1-43-30-19-25(46(2,41)42)12-13-28(30)38-16-4-7-31-27(20-34(35,36)37)26-5-3-6-29(32(26)45-31)39-23-8-10-24(11-9-23)40-21-33(22-40)14-17-44-18-15-33/h3,5-6,12-13,19,23-24,38-39H,8-11,14-18,20-22H2,1-2H3/t23-,24+. The fourth-order valence-corrected chi connectivity index (χ4v) is 8.88. The number of anilines is 2. The molecule has 0 radical (unpaired) electrons. The summed E-state index contributed by atoms with van der Waals surface area (Å²) in [5.41, 5.74) is 2.06. The molecule has 2 saturated heterocycles. The molecular weight excluding hydrogens is 636 g/mol. The highest BCUT2D eigenvalue weighted by molar-refractivity contribution is 7.90. The first-order chi connectivity index (χ1) is 21.9. The first-order valence-electron chi connectivity index (χ1n) is 15.7. The van der Waals surface area contributed by atoms with Crippen molar-refractivity contribution in [2.75, 3.05) is 56.8 Å². The number of fused-ring (bicyclic) bond motifs is 1. The van der Waals surface area contributed by atoms with Gasteiger partial charge in [0.2, 0.25) is 0 Å². The summed E-state index contributed by atoms with van der Waals surface area (Å²) in [6.45, 7) is 4.25. The first kappa shape index (κ1) is 32.9. The average Bonchev–Trinajstić information content (AvgIpc) is 3.35. The summed E-state index contributed by atoms with van der Waals surface area (Å²) >= 11 is 1.30. The largest absolute Gasteiger partial charge is 0.495 e. The van der Waals surface area contributed by atoms with Crippen molar-refractivity contribution in [1.29, 1.82) is 0 Å². The molecule has 0 bridgehead atoms. The molecule has 3 aliphatic rings. The summed E-state index contributed by atoms with van der Waals surface area (Å²) in [5.74, 6) is 6.28. The van der Waals surface area contributed by atoms with E-state index in [0.29, 0.717) is 33.2 Å². The van der Waals surface area contributed by atoms with Gasteiger partial charge in [-0.1, -0.05) is 24.0 Å². The fraction of sp³-hybridized carbons (Fsp3) is 0.529. The van der Waals surface area contributed by atoms with Crippen molar-refractivity contribution in [2.24, 2.45) is 5.41 Å². The van der Waals surface area contributed by atoms with E-state index in [1.54, 1.807) is 12.1 Å². The molecule has 3 aromatic rings. The van der Waals surface area contributed by atoms with Crippen LogP contribution in [-0.4, -0.2) is 77.8 Å². The number of ether oxygens (including phenoxy) is 2. The highest BCUT2D eigenvalue weighted by Crippen LogP contribution is 2.44. The lowest BCUT2D eigenvalue weighted by atomic mass is 9.71. The minimum absolute atomic E-state index is 0.125. The van der Waals surface area contributed by atoms with Gasteiger partial charge in [0.25, 0.3) is 0 Å². The number of methoxy groups -OCH3 is 1. The third kappa shape index (κ3) is 7.43. The number of hydrogen-bond acceptors (Lipinski definition) is 8. The number of hydrogen-bond donors (Lipinski definition) is 2. The Hall–Kier alpha value is -2.98. The zero-order chi connectivity index (χ0) is 32.5. The highest BCUT2D eigenvalue weighted by atomic mass is 32.2. The monoisotopic (exact) mass is 675 g/mol. The maximum absolute atomic E-state index is 13.7. The van der Waals surface area contributed by atoms with Crippen LogP contribution in [0.1, 0.15) is 49.0 Å². The van der Waals surface area contributed by atoms with Crippen LogP contribution in [-0.2, 0) is 21.0 Å². The second-order valence-electron chi connectivity index (χ2n) is 12.8. The van der Waals surface area contributed by atoms with Gasteiger partial charge in [0.05, 0.1) is 45.9 Å². The Bertz CT molecular complexity index is 1720. The Morgan fingerprint density at radius 3 is 2.50 bits per heavy atom. The fourth-order valence-electron chi connectivity index (χ4n) is 7.07. The van der Waals surface area contributed by atoms with Crippen LogP contribution in [0.25, 0.3) is 10.1 Å². The Balaban J connectivity index is 1.14. The Morgan fingerprint density at radius 2 is 1.83 bits per heavy atom. The molecule has 2 aliphatic heterocycles. The van der Waals surface area contributed by atoms with E-state index in [-0.39, 0.29) is 23.0 Å². The molecule has 1 aromatic heterocycles. The lowest BCUT2D eigenvalue weighted by Crippen LogP contribution is -2.62. The van der Waals surface area contributed by atoms with Crippen LogP contribution < -0.4 is 15.4 Å². The van der Waals surface area contributed by atoms with Gasteiger partial charge in [0, 0.05) is 56.1 Å². The van der Waals surface area contributed by atoms with Crippen molar-refractivity contribution in [3.8, 4) is 17.6 Å². The summed E-state index contributed by atoms with van der Waals surface area (Å²) in [5, 5.41) is 7.34. The van der Waals surface area contributed by atoms with E-state index in [4.69, 9.17) is 9.47 Å². The summed E-state index contributed by atoms with van der Waals surface area (Å²) in [4.78, 5) is 3.16. The van der Waals surface area contributed by atoms with Crippen molar-refractivity contribution in [2.45, 2.75) is 68.1 Å². The van der Waals surface area contributed by atoms with Crippen LogP contribution in [0.5, 0.6) is 5.75 Å².